The maximum Gasteiger partial charge on any atom is 0.320 e. The summed E-state index contributed by atoms with van der Waals surface area (Å²) in [6.45, 7) is 2.09. The van der Waals surface area contributed by atoms with Gasteiger partial charge in [-0.15, -0.1) is 0 Å². The van der Waals surface area contributed by atoms with Crippen molar-refractivity contribution in [2.75, 3.05) is 5.32 Å². The maximum atomic E-state index is 13.9. The average molecular weight is 436 g/mol. The molecule has 0 aliphatic heterocycles. The van der Waals surface area contributed by atoms with Gasteiger partial charge in [-0.1, -0.05) is 15.9 Å². The molecule has 116 valence electrons. The van der Waals surface area contributed by atoms with Crippen LogP contribution in [0.1, 0.15) is 17.4 Å². The molecule has 22 heavy (non-hydrogen) atoms. The Labute approximate surface area is 140 Å². The highest BCUT2D eigenvalue weighted by Gasteiger charge is 2.26. The quantitative estimate of drug-likeness (QED) is 0.585. The number of nitro groups is 1. The summed E-state index contributed by atoms with van der Waals surface area (Å²) in [7, 11) is 0. The first-order valence-electron chi connectivity index (χ1n) is 6.01. The molecule has 1 heterocycles. The third-order valence-electron chi connectivity index (χ3n) is 2.72. The predicted molar refractivity (Wildman–Crippen MR) is 84.3 cm³/mol. The number of nitrogens with one attached hydrogen (secondary N) is 1. The lowest BCUT2D eigenvalue weighted by atomic mass is 10.3. The number of rotatable bonds is 4. The second kappa shape index (κ2) is 6.53. The van der Waals surface area contributed by atoms with Crippen molar-refractivity contribution in [3.63, 3.8) is 0 Å². The van der Waals surface area contributed by atoms with Crippen molar-refractivity contribution in [3.05, 3.63) is 48.9 Å². The van der Waals surface area contributed by atoms with Crippen LogP contribution < -0.4 is 5.32 Å². The van der Waals surface area contributed by atoms with E-state index in [0.717, 1.165) is 6.20 Å². The van der Waals surface area contributed by atoms with Crippen molar-refractivity contribution in [1.82, 2.24) is 9.78 Å². The van der Waals surface area contributed by atoms with Gasteiger partial charge in [0.2, 0.25) is 5.69 Å². The summed E-state index contributed by atoms with van der Waals surface area (Å²) >= 11 is 6.24. The molecule has 2 aromatic rings. The lowest BCUT2D eigenvalue weighted by Gasteiger charge is -2.08. The Balaban J connectivity index is 2.38. The van der Waals surface area contributed by atoms with Gasteiger partial charge in [-0.25, -0.2) is 4.39 Å². The highest BCUT2D eigenvalue weighted by atomic mass is 79.9. The molecule has 0 spiro atoms. The van der Waals surface area contributed by atoms with Crippen LogP contribution in [0.4, 0.5) is 15.8 Å². The Hall–Kier alpha value is -1.81. The number of anilines is 1. The summed E-state index contributed by atoms with van der Waals surface area (Å²) in [4.78, 5) is 22.4. The Morgan fingerprint density at radius 3 is 2.73 bits per heavy atom. The molecule has 1 N–H and O–H groups in total. The lowest BCUT2D eigenvalue weighted by Crippen LogP contribution is -2.16. The van der Waals surface area contributed by atoms with Crippen molar-refractivity contribution in [3.8, 4) is 0 Å². The average Bonchev–Trinajstić information content (AvgIpc) is 2.87. The van der Waals surface area contributed by atoms with E-state index in [1.54, 1.807) is 6.92 Å². The maximum absolute atomic E-state index is 13.9. The van der Waals surface area contributed by atoms with E-state index in [4.69, 9.17) is 0 Å². The molecule has 0 fully saturated rings. The molecule has 0 saturated heterocycles. The van der Waals surface area contributed by atoms with Gasteiger partial charge in [-0.05, 0) is 35.0 Å². The molecule has 10 heteroatoms. The summed E-state index contributed by atoms with van der Waals surface area (Å²) in [5, 5.41) is 17.1. The molecular formula is C12H9Br2FN4O3. The minimum Gasteiger partial charge on any atom is -0.317 e. The zero-order chi connectivity index (χ0) is 16.4. The molecule has 0 bridgehead atoms. The van der Waals surface area contributed by atoms with Gasteiger partial charge in [0, 0.05) is 15.5 Å². The Morgan fingerprint density at radius 2 is 2.18 bits per heavy atom. The first-order valence-corrected chi connectivity index (χ1v) is 7.59. The van der Waals surface area contributed by atoms with E-state index in [0.29, 0.717) is 15.5 Å². The van der Waals surface area contributed by atoms with Crippen LogP contribution in [0.3, 0.4) is 0 Å². The van der Waals surface area contributed by atoms with Crippen molar-refractivity contribution in [2.45, 2.75) is 13.5 Å². The molecule has 0 aliphatic rings. The monoisotopic (exact) mass is 434 g/mol. The summed E-state index contributed by atoms with van der Waals surface area (Å²) in [6, 6.07) is 2.71. The zero-order valence-electron chi connectivity index (χ0n) is 11.1. The Bertz CT molecular complexity index is 740. The number of halogens is 3. The molecule has 1 aromatic carbocycles. The third-order valence-corrected chi connectivity index (χ3v) is 3.81. The van der Waals surface area contributed by atoms with Crippen molar-refractivity contribution in [2.24, 2.45) is 0 Å². The van der Waals surface area contributed by atoms with Crippen LogP contribution in [0, 0.1) is 15.9 Å². The van der Waals surface area contributed by atoms with Gasteiger partial charge in [-0.3, -0.25) is 19.6 Å². The third kappa shape index (κ3) is 3.33. The van der Waals surface area contributed by atoms with Crippen LogP contribution >= 0.6 is 31.9 Å². The van der Waals surface area contributed by atoms with E-state index < -0.39 is 22.3 Å². The lowest BCUT2D eigenvalue weighted by molar-refractivity contribution is -0.385. The van der Waals surface area contributed by atoms with E-state index in [9.17, 15) is 19.3 Å². The minimum atomic E-state index is -0.860. The zero-order valence-corrected chi connectivity index (χ0v) is 14.3. The molecule has 0 saturated carbocycles. The number of carbonyl (C=O) groups excluding carboxylic acids is 1. The van der Waals surface area contributed by atoms with Gasteiger partial charge in [-0.2, -0.15) is 5.10 Å². The summed E-state index contributed by atoms with van der Waals surface area (Å²) in [6.07, 6.45) is 1.15. The largest absolute Gasteiger partial charge is 0.320 e. The fourth-order valence-electron chi connectivity index (χ4n) is 1.70. The van der Waals surface area contributed by atoms with E-state index in [-0.39, 0.29) is 11.4 Å². The highest BCUT2D eigenvalue weighted by molar-refractivity contribution is 9.11. The summed E-state index contributed by atoms with van der Waals surface area (Å²) in [5.41, 5.74) is -0.928. The minimum absolute atomic E-state index is 0.117. The second-order valence-corrected chi connectivity index (χ2v) is 5.94. The van der Waals surface area contributed by atoms with Crippen molar-refractivity contribution in [1.29, 1.82) is 0 Å². The number of aromatic nitrogens is 2. The molecule has 0 unspecified atom stereocenters. The molecule has 1 amide bonds. The van der Waals surface area contributed by atoms with Crippen LogP contribution in [-0.2, 0) is 6.54 Å². The molecule has 0 atom stereocenters. The number of aryl methyl sites for hydroxylation is 1. The first kappa shape index (κ1) is 16.6. The summed E-state index contributed by atoms with van der Waals surface area (Å²) < 4.78 is 15.9. The number of hydrogen-bond acceptors (Lipinski definition) is 4. The van der Waals surface area contributed by atoms with Gasteiger partial charge in [0.1, 0.15) is 12.0 Å². The predicted octanol–water partition coefficient (Wildman–Crippen LogP) is 3.73. The SMILES string of the molecule is CCn1cc([N+](=O)[O-])c(C(=O)Nc2c(F)cc(Br)cc2Br)n1. The van der Waals surface area contributed by atoms with Crippen molar-refractivity contribution >= 4 is 49.1 Å². The molecule has 1 aromatic heterocycles. The fraction of sp³-hybridized carbons (Fsp3) is 0.167. The Morgan fingerprint density at radius 1 is 1.50 bits per heavy atom. The first-order chi connectivity index (χ1) is 10.3. The molecular weight excluding hydrogens is 427 g/mol. The number of amides is 1. The smallest absolute Gasteiger partial charge is 0.317 e. The molecule has 0 radical (unpaired) electrons. The van der Waals surface area contributed by atoms with Crippen LogP contribution in [-0.4, -0.2) is 20.6 Å². The van der Waals surface area contributed by atoms with Crippen LogP contribution in [0.25, 0.3) is 0 Å². The van der Waals surface area contributed by atoms with Crippen LogP contribution in [0.5, 0.6) is 0 Å². The van der Waals surface area contributed by atoms with Gasteiger partial charge in [0.05, 0.1) is 10.6 Å². The van der Waals surface area contributed by atoms with Crippen LogP contribution in [0.15, 0.2) is 27.3 Å². The number of benzene rings is 1. The number of carbonyl (C=O) groups is 1. The van der Waals surface area contributed by atoms with Crippen molar-refractivity contribution < 1.29 is 14.1 Å². The topological polar surface area (TPSA) is 90.1 Å². The molecule has 2 rings (SSSR count). The normalized spacial score (nSPS) is 10.5. The van der Waals surface area contributed by atoms with Gasteiger partial charge < -0.3 is 5.32 Å². The second-order valence-electron chi connectivity index (χ2n) is 4.17. The number of hydrogen-bond donors (Lipinski definition) is 1. The van der Waals surface area contributed by atoms with E-state index in [2.05, 4.69) is 42.3 Å². The molecule has 7 nitrogen and oxygen atoms in total. The van der Waals surface area contributed by atoms with E-state index in [1.807, 2.05) is 0 Å². The molecule has 0 aliphatic carbocycles. The Kier molecular flexibility index (Phi) is 4.91. The van der Waals surface area contributed by atoms with Gasteiger partial charge in [0.15, 0.2) is 0 Å². The highest BCUT2D eigenvalue weighted by Crippen LogP contribution is 2.30. The van der Waals surface area contributed by atoms with Crippen LogP contribution in [0.2, 0.25) is 0 Å². The number of nitrogens with zero attached hydrogens (tertiary/aromatic N) is 3. The standard InChI is InChI=1S/C12H9Br2FN4O3/c1-2-18-5-9(19(21)22)11(17-18)12(20)16-10-7(14)3-6(13)4-8(10)15/h3-5H,2H2,1H3,(H,16,20). The van der Waals surface area contributed by atoms with E-state index >= 15 is 0 Å². The van der Waals surface area contributed by atoms with E-state index in [1.165, 1.54) is 16.8 Å². The fourth-order valence-corrected chi connectivity index (χ4v) is 2.97. The van der Waals surface area contributed by atoms with Gasteiger partial charge >= 0.3 is 5.69 Å². The summed E-state index contributed by atoms with van der Waals surface area (Å²) in [5.74, 6) is -1.55. The van der Waals surface area contributed by atoms with Gasteiger partial charge in [0.25, 0.3) is 5.91 Å².